The molecule has 0 aromatic carbocycles. The van der Waals surface area contributed by atoms with Crippen molar-refractivity contribution in [1.29, 1.82) is 0 Å². The molecule has 0 radical (unpaired) electrons. The van der Waals surface area contributed by atoms with E-state index >= 15 is 0 Å². The van der Waals surface area contributed by atoms with Gasteiger partial charge in [-0.1, -0.05) is 5.16 Å². The van der Waals surface area contributed by atoms with Crippen LogP contribution in [0, 0.1) is 26.2 Å². The molecule has 1 aliphatic rings. The third-order valence-corrected chi connectivity index (χ3v) is 4.86. The molecule has 1 aliphatic heterocycles. The summed E-state index contributed by atoms with van der Waals surface area (Å²) >= 11 is 0. The number of hydrogen-bond donors (Lipinski definition) is 1. The summed E-state index contributed by atoms with van der Waals surface area (Å²) in [7, 11) is 0. The van der Waals surface area contributed by atoms with E-state index in [-0.39, 0.29) is 25.4 Å². The summed E-state index contributed by atoms with van der Waals surface area (Å²) in [6.45, 7) is 4.54. The molecule has 3 heterocycles. The van der Waals surface area contributed by atoms with E-state index in [1.807, 2.05) is 6.92 Å². The zero-order valence-electron chi connectivity index (χ0n) is 14.4. The van der Waals surface area contributed by atoms with Gasteiger partial charge >= 0.3 is 5.97 Å². The average molecular weight is 349 g/mol. The highest BCUT2D eigenvalue weighted by molar-refractivity contribution is 5.96. The number of aromatic nitrogens is 2. The summed E-state index contributed by atoms with van der Waals surface area (Å²) in [5, 5.41) is 13.3. The molecule has 134 valence electrons. The van der Waals surface area contributed by atoms with Gasteiger partial charge in [0.25, 0.3) is 5.91 Å². The van der Waals surface area contributed by atoms with E-state index in [2.05, 4.69) is 5.16 Å². The highest BCUT2D eigenvalue weighted by atomic mass is 19.1. The van der Waals surface area contributed by atoms with Crippen molar-refractivity contribution >= 4 is 11.9 Å². The second-order valence-corrected chi connectivity index (χ2v) is 6.61. The van der Waals surface area contributed by atoms with Gasteiger partial charge in [-0.25, -0.2) is 4.39 Å². The molecule has 1 amide bonds. The molecule has 1 N–H and O–H groups in total. The zero-order valence-corrected chi connectivity index (χ0v) is 14.4. The van der Waals surface area contributed by atoms with Crippen LogP contribution in [0.5, 0.6) is 0 Å². The first-order valence-corrected chi connectivity index (χ1v) is 8.00. The summed E-state index contributed by atoms with van der Waals surface area (Å²) in [4.78, 5) is 25.6. The summed E-state index contributed by atoms with van der Waals surface area (Å²) in [6, 6.07) is 3.50. The van der Waals surface area contributed by atoms with Crippen molar-refractivity contribution in [3.8, 4) is 5.82 Å². The third kappa shape index (κ3) is 2.71. The highest BCUT2D eigenvalue weighted by Crippen LogP contribution is 2.33. The Kier molecular flexibility index (Phi) is 4.14. The van der Waals surface area contributed by atoms with E-state index in [9.17, 15) is 19.1 Å². The van der Waals surface area contributed by atoms with Gasteiger partial charge in [-0.3, -0.25) is 14.2 Å². The minimum absolute atomic E-state index is 0.117. The fourth-order valence-electron chi connectivity index (χ4n) is 3.35. The quantitative estimate of drug-likeness (QED) is 0.915. The van der Waals surface area contributed by atoms with E-state index in [4.69, 9.17) is 4.52 Å². The minimum Gasteiger partial charge on any atom is -0.481 e. The van der Waals surface area contributed by atoms with Gasteiger partial charge in [0.2, 0.25) is 0 Å². The lowest BCUT2D eigenvalue weighted by atomic mass is 9.89. The number of carboxylic acids is 1. The number of carboxylic acid groups (broad SMARTS) is 1. The Hall–Kier alpha value is -2.64. The molecule has 2 aromatic rings. The highest BCUT2D eigenvalue weighted by Gasteiger charge is 2.47. The first-order valence-electron chi connectivity index (χ1n) is 8.00. The van der Waals surface area contributed by atoms with Crippen LogP contribution in [-0.2, 0) is 4.79 Å². The number of hydrogen-bond acceptors (Lipinski definition) is 4. The molecule has 3 rings (SSSR count). The number of halogens is 1. The molecule has 7 nitrogen and oxygen atoms in total. The fourth-order valence-corrected chi connectivity index (χ4v) is 3.35. The van der Waals surface area contributed by atoms with Crippen LogP contribution in [0.4, 0.5) is 4.39 Å². The molecular weight excluding hydrogens is 329 g/mol. The van der Waals surface area contributed by atoms with Crippen LogP contribution in [0.3, 0.4) is 0 Å². The Labute approximate surface area is 144 Å². The van der Waals surface area contributed by atoms with Crippen molar-refractivity contribution in [3.63, 3.8) is 0 Å². The van der Waals surface area contributed by atoms with E-state index in [1.165, 1.54) is 4.90 Å². The van der Waals surface area contributed by atoms with Crippen molar-refractivity contribution in [2.24, 2.45) is 5.41 Å². The normalized spacial score (nSPS) is 20.2. The van der Waals surface area contributed by atoms with Gasteiger partial charge in [-0.2, -0.15) is 0 Å². The number of amides is 1. The maximum atomic E-state index is 13.3. The summed E-state index contributed by atoms with van der Waals surface area (Å²) in [5.41, 5.74) is 0.454. The van der Waals surface area contributed by atoms with Crippen molar-refractivity contribution < 1.29 is 23.6 Å². The number of likely N-dealkylation sites (tertiary alicyclic amines) is 1. The van der Waals surface area contributed by atoms with Crippen LogP contribution in [0.15, 0.2) is 16.7 Å². The molecule has 8 heteroatoms. The number of nitrogens with zero attached hydrogens (tertiary/aromatic N) is 3. The second-order valence-electron chi connectivity index (χ2n) is 6.61. The van der Waals surface area contributed by atoms with Crippen molar-refractivity contribution in [2.75, 3.05) is 19.8 Å². The smallest absolute Gasteiger partial charge is 0.314 e. The molecule has 0 saturated carbocycles. The van der Waals surface area contributed by atoms with Crippen LogP contribution in [0.1, 0.15) is 33.9 Å². The fraction of sp³-hybridized carbons (Fsp3) is 0.471. The lowest BCUT2D eigenvalue weighted by Crippen LogP contribution is -2.38. The van der Waals surface area contributed by atoms with Gasteiger partial charge in [0, 0.05) is 30.5 Å². The van der Waals surface area contributed by atoms with Crippen LogP contribution in [0.2, 0.25) is 0 Å². The largest absolute Gasteiger partial charge is 0.481 e. The number of alkyl halides is 1. The van der Waals surface area contributed by atoms with Gasteiger partial charge in [0.15, 0.2) is 5.82 Å². The predicted octanol–water partition coefficient (Wildman–Crippen LogP) is 2.28. The number of aryl methyl sites for hydroxylation is 2. The Morgan fingerprint density at radius 1 is 1.36 bits per heavy atom. The molecule has 1 saturated heterocycles. The Balaban J connectivity index is 1.91. The standard InChI is InChI=1S/C17H20FN3O4/c1-10-6-13(12(3)21(10)14-7-11(2)25-19-14)15(22)20-5-4-17(8-18,9-20)16(23)24/h6-7H,4-5,8-9H2,1-3H3,(H,23,24). The number of carbonyl (C=O) groups excluding carboxylic acids is 1. The lowest BCUT2D eigenvalue weighted by molar-refractivity contribution is -0.149. The number of carbonyl (C=O) groups is 2. The average Bonchev–Trinajstić information content (AvgIpc) is 3.25. The Morgan fingerprint density at radius 2 is 2.08 bits per heavy atom. The summed E-state index contributed by atoms with van der Waals surface area (Å²) in [5.74, 6) is -0.259. The zero-order chi connectivity index (χ0) is 18.4. The van der Waals surface area contributed by atoms with Crippen LogP contribution in [0.25, 0.3) is 5.82 Å². The Bertz CT molecular complexity index is 841. The molecule has 1 fully saturated rings. The number of rotatable bonds is 4. The van der Waals surface area contributed by atoms with Crippen molar-refractivity contribution in [1.82, 2.24) is 14.6 Å². The third-order valence-electron chi connectivity index (χ3n) is 4.86. The first kappa shape index (κ1) is 17.2. The van der Waals surface area contributed by atoms with Crippen molar-refractivity contribution in [2.45, 2.75) is 27.2 Å². The molecule has 25 heavy (non-hydrogen) atoms. The molecule has 1 atom stereocenters. The minimum atomic E-state index is -1.50. The van der Waals surface area contributed by atoms with E-state index in [0.717, 1.165) is 5.69 Å². The van der Waals surface area contributed by atoms with Gasteiger partial charge < -0.3 is 14.5 Å². The summed E-state index contributed by atoms with van der Waals surface area (Å²) in [6.07, 6.45) is 0.117. The maximum Gasteiger partial charge on any atom is 0.314 e. The van der Waals surface area contributed by atoms with Crippen LogP contribution < -0.4 is 0 Å². The predicted molar refractivity (Wildman–Crippen MR) is 86.6 cm³/mol. The Morgan fingerprint density at radius 3 is 2.60 bits per heavy atom. The van der Waals surface area contributed by atoms with Gasteiger partial charge in [-0.15, -0.1) is 0 Å². The molecule has 1 unspecified atom stereocenters. The first-order chi connectivity index (χ1) is 11.8. The maximum absolute atomic E-state index is 13.3. The summed E-state index contributed by atoms with van der Waals surface area (Å²) < 4.78 is 20.2. The van der Waals surface area contributed by atoms with Gasteiger partial charge in [0.1, 0.15) is 17.8 Å². The SMILES string of the molecule is Cc1cc(-n2c(C)cc(C(=O)N3CCC(CF)(C(=O)O)C3)c2C)no1. The van der Waals surface area contributed by atoms with Crippen LogP contribution >= 0.6 is 0 Å². The van der Waals surface area contributed by atoms with E-state index < -0.39 is 18.1 Å². The van der Waals surface area contributed by atoms with Crippen LogP contribution in [-0.4, -0.2) is 51.4 Å². The van der Waals surface area contributed by atoms with E-state index in [0.29, 0.717) is 22.8 Å². The molecule has 2 aromatic heterocycles. The molecule has 0 spiro atoms. The monoisotopic (exact) mass is 349 g/mol. The van der Waals surface area contributed by atoms with Gasteiger partial charge in [0.05, 0.1) is 5.56 Å². The van der Waals surface area contributed by atoms with E-state index in [1.54, 1.807) is 30.5 Å². The topological polar surface area (TPSA) is 88.6 Å². The van der Waals surface area contributed by atoms with Gasteiger partial charge in [-0.05, 0) is 33.3 Å². The molecular formula is C17H20FN3O4. The number of aliphatic carboxylic acids is 1. The lowest BCUT2D eigenvalue weighted by Gasteiger charge is -2.21. The van der Waals surface area contributed by atoms with Crippen molar-refractivity contribution in [3.05, 3.63) is 34.8 Å². The molecule has 0 aliphatic carbocycles. The second kappa shape index (κ2) is 6.02. The molecule has 0 bridgehead atoms.